The zero-order valence-corrected chi connectivity index (χ0v) is 25.0. The van der Waals surface area contributed by atoms with Gasteiger partial charge in [-0.1, -0.05) is 97.8 Å². The molecule has 4 aromatic carbocycles. The SMILES string of the molecule is CS(=O)(=O)N(CC(=O)N(Cc1ccccc1F)[C@H](Cc1ccccc1)C(=O)NC1CCCC1)c1cccc2ccccc12. The first-order valence-corrected chi connectivity index (χ1v) is 16.4. The van der Waals surface area contributed by atoms with Gasteiger partial charge in [0.1, 0.15) is 18.4 Å². The number of benzene rings is 4. The molecule has 1 atom stereocenters. The Morgan fingerprint density at radius 2 is 1.53 bits per heavy atom. The van der Waals surface area contributed by atoms with Crippen molar-refractivity contribution in [1.82, 2.24) is 10.2 Å². The average molecular weight is 602 g/mol. The lowest BCUT2D eigenvalue weighted by atomic mass is 10.0. The van der Waals surface area contributed by atoms with Crippen molar-refractivity contribution >= 4 is 38.3 Å². The Hall–Kier alpha value is -4.24. The fraction of sp³-hybridized carbons (Fsp3) is 0.294. The molecule has 1 aliphatic rings. The van der Waals surface area contributed by atoms with Crippen LogP contribution in [0.15, 0.2) is 97.1 Å². The quantitative estimate of drug-likeness (QED) is 0.248. The number of fused-ring (bicyclic) bond motifs is 1. The highest BCUT2D eigenvalue weighted by molar-refractivity contribution is 7.92. The Labute approximate surface area is 252 Å². The van der Waals surface area contributed by atoms with Crippen molar-refractivity contribution in [3.63, 3.8) is 0 Å². The van der Waals surface area contributed by atoms with Crippen LogP contribution in [0, 0.1) is 5.82 Å². The highest BCUT2D eigenvalue weighted by Crippen LogP contribution is 2.29. The summed E-state index contributed by atoms with van der Waals surface area (Å²) in [5.74, 6) is -1.45. The molecule has 224 valence electrons. The van der Waals surface area contributed by atoms with E-state index in [0.717, 1.165) is 47.2 Å². The molecule has 0 spiro atoms. The Kier molecular flexibility index (Phi) is 9.40. The molecule has 9 heteroatoms. The summed E-state index contributed by atoms with van der Waals surface area (Å²) in [4.78, 5) is 29.6. The van der Waals surface area contributed by atoms with Crippen molar-refractivity contribution < 1.29 is 22.4 Å². The van der Waals surface area contributed by atoms with Crippen LogP contribution in [0.3, 0.4) is 0 Å². The second kappa shape index (κ2) is 13.4. The van der Waals surface area contributed by atoms with Gasteiger partial charge >= 0.3 is 0 Å². The summed E-state index contributed by atoms with van der Waals surface area (Å²) in [6, 6.07) is 27.1. The van der Waals surface area contributed by atoms with Gasteiger partial charge in [-0.15, -0.1) is 0 Å². The summed E-state index contributed by atoms with van der Waals surface area (Å²) in [5.41, 5.74) is 1.42. The molecule has 1 fully saturated rings. The third kappa shape index (κ3) is 7.40. The number of hydrogen-bond acceptors (Lipinski definition) is 4. The van der Waals surface area contributed by atoms with Crippen molar-refractivity contribution in [2.24, 2.45) is 0 Å². The van der Waals surface area contributed by atoms with Gasteiger partial charge < -0.3 is 10.2 Å². The molecule has 7 nitrogen and oxygen atoms in total. The van der Waals surface area contributed by atoms with Crippen LogP contribution < -0.4 is 9.62 Å². The first-order chi connectivity index (χ1) is 20.7. The minimum absolute atomic E-state index is 0.000567. The van der Waals surface area contributed by atoms with Gasteiger partial charge in [0.25, 0.3) is 0 Å². The number of sulfonamides is 1. The molecule has 0 heterocycles. The average Bonchev–Trinajstić information content (AvgIpc) is 3.51. The van der Waals surface area contributed by atoms with Gasteiger partial charge in [-0.05, 0) is 35.9 Å². The van der Waals surface area contributed by atoms with E-state index in [9.17, 15) is 22.4 Å². The normalized spacial score (nSPS) is 14.4. The van der Waals surface area contributed by atoms with Crippen LogP contribution in [0.1, 0.15) is 36.8 Å². The third-order valence-electron chi connectivity index (χ3n) is 7.99. The fourth-order valence-electron chi connectivity index (χ4n) is 5.75. The number of amides is 2. The van der Waals surface area contributed by atoms with E-state index in [1.54, 1.807) is 36.4 Å². The second-order valence-corrected chi connectivity index (χ2v) is 13.0. The second-order valence-electron chi connectivity index (χ2n) is 11.1. The minimum Gasteiger partial charge on any atom is -0.352 e. The van der Waals surface area contributed by atoms with Gasteiger partial charge in [0.05, 0.1) is 11.9 Å². The van der Waals surface area contributed by atoms with Crippen LogP contribution in [-0.4, -0.2) is 50.0 Å². The third-order valence-corrected chi connectivity index (χ3v) is 9.11. The number of carbonyl (C=O) groups excluding carboxylic acids is 2. The number of halogens is 1. The molecule has 5 rings (SSSR count). The van der Waals surface area contributed by atoms with Gasteiger partial charge in [0.15, 0.2) is 0 Å². The maximum absolute atomic E-state index is 15.0. The summed E-state index contributed by atoms with van der Waals surface area (Å²) >= 11 is 0. The first kappa shape index (κ1) is 30.2. The van der Waals surface area contributed by atoms with Crippen molar-refractivity contribution in [1.29, 1.82) is 0 Å². The lowest BCUT2D eigenvalue weighted by molar-refractivity contribution is -0.140. The summed E-state index contributed by atoms with van der Waals surface area (Å²) < 4.78 is 42.4. The number of hydrogen-bond donors (Lipinski definition) is 1. The lowest BCUT2D eigenvalue weighted by Gasteiger charge is -2.34. The molecule has 1 aliphatic carbocycles. The Bertz CT molecular complexity index is 1690. The van der Waals surface area contributed by atoms with Crippen molar-refractivity contribution in [2.75, 3.05) is 17.1 Å². The van der Waals surface area contributed by atoms with E-state index in [1.807, 2.05) is 54.6 Å². The van der Waals surface area contributed by atoms with E-state index in [2.05, 4.69) is 5.32 Å². The minimum atomic E-state index is -3.93. The molecule has 0 aliphatic heterocycles. The standard InChI is InChI=1S/C34H36FN3O4S/c1-43(41,42)38(31-21-11-16-26-14-5-9-19-29(26)31)24-33(39)37(23-27-15-6-10-20-30(27)35)32(22-25-12-3-2-4-13-25)34(40)36-28-17-7-8-18-28/h2-6,9-16,19-21,28,32H,7-8,17-18,22-24H2,1H3,(H,36,40)/t32-/m1/s1. The molecule has 0 bridgehead atoms. The maximum atomic E-state index is 15.0. The summed E-state index contributed by atoms with van der Waals surface area (Å²) in [5, 5.41) is 4.61. The summed E-state index contributed by atoms with van der Waals surface area (Å²) in [6.07, 6.45) is 4.98. The van der Waals surface area contributed by atoms with E-state index in [-0.39, 0.29) is 30.5 Å². The van der Waals surface area contributed by atoms with E-state index in [4.69, 9.17) is 0 Å². The number of anilines is 1. The van der Waals surface area contributed by atoms with Gasteiger partial charge in [-0.25, -0.2) is 12.8 Å². The van der Waals surface area contributed by atoms with E-state index < -0.39 is 34.3 Å². The largest absolute Gasteiger partial charge is 0.352 e. The Morgan fingerprint density at radius 1 is 0.884 bits per heavy atom. The van der Waals surface area contributed by atoms with Crippen LogP contribution in [0.2, 0.25) is 0 Å². The predicted octanol–water partition coefficient (Wildman–Crippen LogP) is 5.44. The van der Waals surface area contributed by atoms with Gasteiger partial charge in [0, 0.05) is 30.0 Å². The molecular weight excluding hydrogens is 565 g/mol. The fourth-order valence-corrected chi connectivity index (χ4v) is 6.61. The van der Waals surface area contributed by atoms with Crippen LogP contribution >= 0.6 is 0 Å². The molecule has 0 unspecified atom stereocenters. The number of nitrogens with one attached hydrogen (secondary N) is 1. The van der Waals surface area contributed by atoms with Crippen LogP contribution in [-0.2, 0) is 32.6 Å². The molecular formula is C34H36FN3O4S. The van der Waals surface area contributed by atoms with Gasteiger partial charge in [0.2, 0.25) is 21.8 Å². The van der Waals surface area contributed by atoms with Crippen molar-refractivity contribution in [3.8, 4) is 0 Å². The zero-order valence-electron chi connectivity index (χ0n) is 24.2. The predicted molar refractivity (Wildman–Crippen MR) is 167 cm³/mol. The van der Waals surface area contributed by atoms with Crippen LogP contribution in [0.25, 0.3) is 10.8 Å². The van der Waals surface area contributed by atoms with Crippen LogP contribution in [0.4, 0.5) is 10.1 Å². The van der Waals surface area contributed by atoms with E-state index in [1.165, 1.54) is 11.0 Å². The summed E-state index contributed by atoms with van der Waals surface area (Å²) in [7, 11) is -3.93. The number of carbonyl (C=O) groups is 2. The molecule has 43 heavy (non-hydrogen) atoms. The summed E-state index contributed by atoms with van der Waals surface area (Å²) in [6.45, 7) is -0.752. The molecule has 0 saturated heterocycles. The molecule has 1 N–H and O–H groups in total. The Balaban J connectivity index is 1.55. The first-order valence-electron chi connectivity index (χ1n) is 14.5. The van der Waals surface area contributed by atoms with Crippen molar-refractivity contribution in [2.45, 2.75) is 50.7 Å². The van der Waals surface area contributed by atoms with E-state index >= 15 is 0 Å². The maximum Gasteiger partial charge on any atom is 0.244 e. The van der Waals surface area contributed by atoms with Gasteiger partial charge in [-0.2, -0.15) is 0 Å². The van der Waals surface area contributed by atoms with Gasteiger partial charge in [-0.3, -0.25) is 13.9 Å². The monoisotopic (exact) mass is 601 g/mol. The lowest BCUT2D eigenvalue weighted by Crippen LogP contribution is -2.54. The van der Waals surface area contributed by atoms with Crippen molar-refractivity contribution in [3.05, 3.63) is 114 Å². The number of nitrogens with zero attached hydrogens (tertiary/aromatic N) is 2. The number of rotatable bonds is 11. The zero-order chi connectivity index (χ0) is 30.4. The smallest absolute Gasteiger partial charge is 0.244 e. The highest BCUT2D eigenvalue weighted by atomic mass is 32.2. The molecule has 0 aromatic heterocycles. The molecule has 0 radical (unpaired) electrons. The molecule has 2 amide bonds. The van der Waals surface area contributed by atoms with E-state index in [0.29, 0.717) is 11.1 Å². The molecule has 4 aromatic rings. The van der Waals surface area contributed by atoms with Crippen LogP contribution in [0.5, 0.6) is 0 Å². The Morgan fingerprint density at radius 3 is 2.26 bits per heavy atom. The topological polar surface area (TPSA) is 86.8 Å². The molecule has 1 saturated carbocycles. The highest BCUT2D eigenvalue weighted by Gasteiger charge is 2.35.